The highest BCUT2D eigenvalue weighted by Gasteiger charge is 2.30. The first kappa shape index (κ1) is 13.6. The molecular weight excluding hydrogens is 244 g/mol. The van der Waals surface area contributed by atoms with Crippen molar-refractivity contribution in [3.8, 4) is 0 Å². The summed E-state index contributed by atoms with van der Waals surface area (Å²) in [6, 6.07) is 3.49. The van der Waals surface area contributed by atoms with Gasteiger partial charge in [-0.1, -0.05) is 0 Å². The number of H-pyrrole nitrogens is 1. The summed E-state index contributed by atoms with van der Waals surface area (Å²) in [7, 11) is 0. The maximum absolute atomic E-state index is 11.9. The van der Waals surface area contributed by atoms with Gasteiger partial charge in [-0.2, -0.15) is 0 Å². The van der Waals surface area contributed by atoms with Crippen LogP contribution >= 0.6 is 0 Å². The van der Waals surface area contributed by atoms with Crippen molar-refractivity contribution >= 4 is 6.09 Å². The van der Waals surface area contributed by atoms with E-state index in [0.717, 1.165) is 12.0 Å². The van der Waals surface area contributed by atoms with Gasteiger partial charge in [-0.3, -0.25) is 4.79 Å². The van der Waals surface area contributed by atoms with E-state index in [4.69, 9.17) is 4.74 Å². The molecule has 104 valence electrons. The number of carbonyl (C=O) groups is 1. The van der Waals surface area contributed by atoms with Gasteiger partial charge in [-0.05, 0) is 38.8 Å². The van der Waals surface area contributed by atoms with Crippen LogP contribution in [0.4, 0.5) is 4.79 Å². The molecule has 2 heterocycles. The number of aromatic amines is 1. The lowest BCUT2D eigenvalue weighted by atomic mass is 10.00. The van der Waals surface area contributed by atoms with Crippen molar-refractivity contribution in [2.45, 2.75) is 38.7 Å². The Labute approximate surface area is 112 Å². The van der Waals surface area contributed by atoms with E-state index in [-0.39, 0.29) is 17.6 Å². The molecule has 1 unspecified atom stereocenters. The van der Waals surface area contributed by atoms with E-state index < -0.39 is 5.60 Å². The second kappa shape index (κ2) is 5.07. The number of rotatable bonds is 1. The zero-order valence-electron chi connectivity index (χ0n) is 11.6. The van der Waals surface area contributed by atoms with Crippen LogP contribution in [0.15, 0.2) is 23.1 Å². The summed E-state index contributed by atoms with van der Waals surface area (Å²) in [4.78, 5) is 27.5. The summed E-state index contributed by atoms with van der Waals surface area (Å²) in [6.07, 6.45) is 2.23. The van der Waals surface area contributed by atoms with Crippen LogP contribution in [-0.4, -0.2) is 34.7 Å². The third kappa shape index (κ3) is 3.59. The average molecular weight is 264 g/mol. The Bertz CT molecular complexity index is 516. The standard InChI is InChI=1S/C14H20N2O3/c1-14(2,3)19-13(18)16-7-5-11(9-16)10-4-6-15-12(17)8-10/h4,6,8,11H,5,7,9H2,1-3H3,(H,15,17). The molecule has 0 saturated carbocycles. The largest absolute Gasteiger partial charge is 0.444 e. The summed E-state index contributed by atoms with van der Waals surface area (Å²) < 4.78 is 5.35. The monoisotopic (exact) mass is 264 g/mol. The Morgan fingerprint density at radius 1 is 1.47 bits per heavy atom. The van der Waals surface area contributed by atoms with Crippen LogP contribution in [0, 0.1) is 0 Å². The van der Waals surface area contributed by atoms with Crippen molar-refractivity contribution in [2.75, 3.05) is 13.1 Å². The fraction of sp³-hybridized carbons (Fsp3) is 0.571. The van der Waals surface area contributed by atoms with Gasteiger partial charge in [0.2, 0.25) is 5.56 Å². The summed E-state index contributed by atoms with van der Waals surface area (Å²) >= 11 is 0. The summed E-state index contributed by atoms with van der Waals surface area (Å²) in [5.74, 6) is 0.217. The molecule has 5 nitrogen and oxygen atoms in total. The van der Waals surface area contributed by atoms with E-state index in [1.807, 2.05) is 26.8 Å². The summed E-state index contributed by atoms with van der Waals surface area (Å²) in [5.41, 5.74) is 0.405. The summed E-state index contributed by atoms with van der Waals surface area (Å²) in [5, 5.41) is 0. The minimum absolute atomic E-state index is 0.104. The number of nitrogens with zero attached hydrogens (tertiary/aromatic N) is 1. The molecule has 1 aromatic rings. The van der Waals surface area contributed by atoms with Gasteiger partial charge >= 0.3 is 6.09 Å². The molecular formula is C14H20N2O3. The Kier molecular flexibility index (Phi) is 3.64. The molecule has 1 saturated heterocycles. The molecule has 1 aliphatic heterocycles. The van der Waals surface area contributed by atoms with E-state index >= 15 is 0 Å². The van der Waals surface area contributed by atoms with Gasteiger partial charge in [0, 0.05) is 31.3 Å². The molecule has 1 fully saturated rings. The molecule has 0 bridgehead atoms. The number of pyridine rings is 1. The zero-order chi connectivity index (χ0) is 14.0. The van der Waals surface area contributed by atoms with Gasteiger partial charge in [-0.15, -0.1) is 0 Å². The van der Waals surface area contributed by atoms with Crippen LogP contribution in [0.5, 0.6) is 0 Å². The molecule has 1 amide bonds. The average Bonchev–Trinajstić information content (AvgIpc) is 2.75. The number of nitrogens with one attached hydrogen (secondary N) is 1. The fourth-order valence-corrected chi connectivity index (χ4v) is 2.24. The van der Waals surface area contributed by atoms with Crippen molar-refractivity contribution in [2.24, 2.45) is 0 Å². The van der Waals surface area contributed by atoms with E-state index in [1.54, 1.807) is 17.2 Å². The highest BCUT2D eigenvalue weighted by molar-refractivity contribution is 5.68. The Hall–Kier alpha value is -1.78. The van der Waals surface area contributed by atoms with Crippen molar-refractivity contribution in [3.63, 3.8) is 0 Å². The fourth-order valence-electron chi connectivity index (χ4n) is 2.24. The molecule has 0 spiro atoms. The first-order chi connectivity index (χ1) is 8.85. The predicted octanol–water partition coefficient (Wildman–Crippen LogP) is 2.10. The SMILES string of the molecule is CC(C)(C)OC(=O)N1CCC(c2cc[nH]c(=O)c2)C1. The zero-order valence-corrected chi connectivity index (χ0v) is 11.6. The normalized spacial score (nSPS) is 19.5. The highest BCUT2D eigenvalue weighted by Crippen LogP contribution is 2.27. The maximum atomic E-state index is 11.9. The van der Waals surface area contributed by atoms with Crippen LogP contribution < -0.4 is 5.56 Å². The topological polar surface area (TPSA) is 62.4 Å². The van der Waals surface area contributed by atoms with Gasteiger partial charge < -0.3 is 14.6 Å². The van der Waals surface area contributed by atoms with E-state index in [2.05, 4.69) is 4.98 Å². The number of hydrogen-bond acceptors (Lipinski definition) is 3. The smallest absolute Gasteiger partial charge is 0.410 e. The minimum atomic E-state index is -0.473. The molecule has 5 heteroatoms. The van der Waals surface area contributed by atoms with Gasteiger partial charge in [0.05, 0.1) is 0 Å². The predicted molar refractivity (Wildman–Crippen MR) is 72.2 cm³/mol. The molecule has 19 heavy (non-hydrogen) atoms. The first-order valence-electron chi connectivity index (χ1n) is 6.52. The second-order valence-electron chi connectivity index (χ2n) is 5.90. The maximum Gasteiger partial charge on any atom is 0.410 e. The van der Waals surface area contributed by atoms with Gasteiger partial charge in [-0.25, -0.2) is 4.79 Å². The molecule has 1 atom stereocenters. The highest BCUT2D eigenvalue weighted by atomic mass is 16.6. The Morgan fingerprint density at radius 2 is 2.21 bits per heavy atom. The Balaban J connectivity index is 2.00. The summed E-state index contributed by atoms with van der Waals surface area (Å²) in [6.45, 7) is 6.85. The number of amides is 1. The van der Waals surface area contributed by atoms with Crippen molar-refractivity contribution < 1.29 is 9.53 Å². The number of ether oxygens (including phenoxy) is 1. The van der Waals surface area contributed by atoms with E-state index in [9.17, 15) is 9.59 Å². The van der Waals surface area contributed by atoms with Gasteiger partial charge in [0.25, 0.3) is 0 Å². The minimum Gasteiger partial charge on any atom is -0.444 e. The molecule has 2 rings (SSSR count). The van der Waals surface area contributed by atoms with Gasteiger partial charge in [0.15, 0.2) is 0 Å². The molecule has 1 aromatic heterocycles. The first-order valence-corrected chi connectivity index (χ1v) is 6.52. The molecule has 0 radical (unpaired) electrons. The van der Waals surface area contributed by atoms with Crippen molar-refractivity contribution in [1.29, 1.82) is 0 Å². The Morgan fingerprint density at radius 3 is 2.84 bits per heavy atom. The lowest BCUT2D eigenvalue weighted by Crippen LogP contribution is -2.35. The van der Waals surface area contributed by atoms with E-state index in [1.165, 1.54) is 0 Å². The van der Waals surface area contributed by atoms with Crippen LogP contribution in [-0.2, 0) is 4.74 Å². The number of carbonyl (C=O) groups excluding carboxylic acids is 1. The molecule has 0 aromatic carbocycles. The third-order valence-corrected chi connectivity index (χ3v) is 3.11. The molecule has 0 aliphatic carbocycles. The van der Waals surface area contributed by atoms with Crippen LogP contribution in [0.2, 0.25) is 0 Å². The quantitative estimate of drug-likeness (QED) is 0.845. The van der Waals surface area contributed by atoms with Crippen LogP contribution in [0.25, 0.3) is 0 Å². The number of aromatic nitrogens is 1. The van der Waals surface area contributed by atoms with Crippen LogP contribution in [0.1, 0.15) is 38.7 Å². The van der Waals surface area contributed by atoms with E-state index in [0.29, 0.717) is 13.1 Å². The molecule has 1 N–H and O–H groups in total. The second-order valence-corrected chi connectivity index (χ2v) is 5.90. The molecule has 1 aliphatic rings. The third-order valence-electron chi connectivity index (χ3n) is 3.11. The van der Waals surface area contributed by atoms with Crippen LogP contribution in [0.3, 0.4) is 0 Å². The number of likely N-dealkylation sites (tertiary alicyclic amines) is 1. The van der Waals surface area contributed by atoms with Gasteiger partial charge in [0.1, 0.15) is 5.60 Å². The van der Waals surface area contributed by atoms with Crippen molar-refractivity contribution in [3.05, 3.63) is 34.2 Å². The lowest BCUT2D eigenvalue weighted by Gasteiger charge is -2.24. The number of hydrogen-bond donors (Lipinski definition) is 1. The van der Waals surface area contributed by atoms with Crippen molar-refractivity contribution in [1.82, 2.24) is 9.88 Å². The lowest BCUT2D eigenvalue weighted by molar-refractivity contribution is 0.0292.